The summed E-state index contributed by atoms with van der Waals surface area (Å²) in [5.41, 5.74) is 0.741. The molecule has 2 N–H and O–H groups in total. The molecule has 2 amide bonds. The Morgan fingerprint density at radius 2 is 2.17 bits per heavy atom. The predicted molar refractivity (Wildman–Crippen MR) is 106 cm³/mol. The van der Waals surface area contributed by atoms with Crippen molar-refractivity contribution in [3.8, 4) is 0 Å². The fourth-order valence-corrected chi connectivity index (χ4v) is 5.02. The van der Waals surface area contributed by atoms with Crippen LogP contribution in [-0.4, -0.2) is 54.0 Å². The van der Waals surface area contributed by atoms with Gasteiger partial charge in [-0.05, 0) is 38.0 Å². The number of aryl methyl sites for hydroxylation is 1. The number of carbonyl (C=O) groups is 2. The standard InChI is InChI=1S/C20H29N7O2/c1-13(2)6-7-20(19(29)21-9-14-10-23-26(3)12-14)8-15-4-5-17(20)27(15)18(28)16-11-22-25-24-16/h10-13,15,17H,4-9H2,1-3H3,(H,21,29)(H,22,24,25)/t15-,17+,20+/m1/s1. The lowest BCUT2D eigenvalue weighted by atomic mass is 9.69. The molecule has 4 heterocycles. The summed E-state index contributed by atoms with van der Waals surface area (Å²) < 4.78 is 1.73. The molecule has 0 radical (unpaired) electrons. The molecular weight excluding hydrogens is 370 g/mol. The second-order valence-electron chi connectivity index (χ2n) is 8.81. The van der Waals surface area contributed by atoms with Gasteiger partial charge in [0.25, 0.3) is 5.91 Å². The first-order valence-electron chi connectivity index (χ1n) is 10.3. The Morgan fingerprint density at radius 3 is 2.83 bits per heavy atom. The van der Waals surface area contributed by atoms with E-state index in [-0.39, 0.29) is 23.9 Å². The molecular formula is C20H29N7O2. The average Bonchev–Trinajstić information content (AvgIpc) is 3.47. The lowest BCUT2D eigenvalue weighted by Gasteiger charge is -2.36. The molecule has 9 nitrogen and oxygen atoms in total. The second kappa shape index (κ2) is 7.61. The number of hydrogen-bond acceptors (Lipinski definition) is 5. The van der Waals surface area contributed by atoms with Crippen LogP contribution in [0, 0.1) is 11.3 Å². The van der Waals surface area contributed by atoms with Gasteiger partial charge in [-0.2, -0.15) is 20.5 Å². The van der Waals surface area contributed by atoms with E-state index in [1.54, 1.807) is 10.9 Å². The van der Waals surface area contributed by atoms with E-state index in [1.807, 2.05) is 18.1 Å². The quantitative estimate of drug-likeness (QED) is 0.736. The Balaban J connectivity index is 1.56. The zero-order chi connectivity index (χ0) is 20.6. The summed E-state index contributed by atoms with van der Waals surface area (Å²) in [5, 5.41) is 17.6. The van der Waals surface area contributed by atoms with E-state index < -0.39 is 5.41 Å². The Labute approximate surface area is 170 Å². The van der Waals surface area contributed by atoms with Crippen molar-refractivity contribution < 1.29 is 9.59 Å². The van der Waals surface area contributed by atoms with Gasteiger partial charge in [-0.25, -0.2) is 0 Å². The van der Waals surface area contributed by atoms with Gasteiger partial charge in [0.05, 0.1) is 17.8 Å². The van der Waals surface area contributed by atoms with Gasteiger partial charge < -0.3 is 10.2 Å². The zero-order valence-corrected chi connectivity index (χ0v) is 17.3. The second-order valence-corrected chi connectivity index (χ2v) is 8.81. The molecule has 2 aromatic heterocycles. The van der Waals surface area contributed by atoms with Gasteiger partial charge in [0.2, 0.25) is 5.91 Å². The van der Waals surface area contributed by atoms with E-state index >= 15 is 0 Å². The summed E-state index contributed by atoms with van der Waals surface area (Å²) >= 11 is 0. The first kappa shape index (κ1) is 19.6. The molecule has 29 heavy (non-hydrogen) atoms. The Bertz CT molecular complexity index is 875. The van der Waals surface area contributed by atoms with Crippen molar-refractivity contribution in [1.82, 2.24) is 35.4 Å². The maximum Gasteiger partial charge on any atom is 0.276 e. The number of nitrogens with zero attached hydrogens (tertiary/aromatic N) is 5. The summed E-state index contributed by atoms with van der Waals surface area (Å²) in [6.07, 6.45) is 9.37. The highest BCUT2D eigenvalue weighted by Gasteiger charge is 2.60. The molecule has 0 aliphatic carbocycles. The number of aromatic amines is 1. The van der Waals surface area contributed by atoms with Crippen LogP contribution in [0.5, 0.6) is 0 Å². The Kier molecular flexibility index (Phi) is 5.14. The SMILES string of the molecule is CC(C)CC[C@]1(C(=O)NCc2cnn(C)c2)C[C@H]2CC[C@@H]1N2C(=O)c1cn[nH]n1. The van der Waals surface area contributed by atoms with E-state index in [0.29, 0.717) is 24.6 Å². The van der Waals surface area contributed by atoms with Crippen LogP contribution >= 0.6 is 0 Å². The summed E-state index contributed by atoms with van der Waals surface area (Å²) in [5.74, 6) is 0.418. The average molecular weight is 399 g/mol. The summed E-state index contributed by atoms with van der Waals surface area (Å²) in [4.78, 5) is 28.5. The third kappa shape index (κ3) is 3.54. The molecule has 4 rings (SSSR count). The lowest BCUT2D eigenvalue weighted by molar-refractivity contribution is -0.133. The van der Waals surface area contributed by atoms with Crippen molar-refractivity contribution in [1.29, 1.82) is 0 Å². The minimum Gasteiger partial charge on any atom is -0.351 e. The van der Waals surface area contributed by atoms with Crippen LogP contribution in [0.2, 0.25) is 0 Å². The number of rotatable bonds is 7. The van der Waals surface area contributed by atoms with Crippen molar-refractivity contribution in [3.05, 3.63) is 29.8 Å². The zero-order valence-electron chi connectivity index (χ0n) is 17.3. The molecule has 2 aliphatic rings. The maximum absolute atomic E-state index is 13.5. The van der Waals surface area contributed by atoms with E-state index in [9.17, 15) is 9.59 Å². The van der Waals surface area contributed by atoms with Gasteiger partial charge in [-0.3, -0.25) is 14.3 Å². The number of carbonyl (C=O) groups excluding carboxylic acids is 2. The fraction of sp³-hybridized carbons (Fsp3) is 0.650. The monoisotopic (exact) mass is 399 g/mol. The number of amides is 2. The Morgan fingerprint density at radius 1 is 1.34 bits per heavy atom. The molecule has 0 saturated carbocycles. The Hall–Kier alpha value is -2.71. The van der Waals surface area contributed by atoms with Crippen molar-refractivity contribution in [3.63, 3.8) is 0 Å². The van der Waals surface area contributed by atoms with Gasteiger partial charge in [0.1, 0.15) is 0 Å². The molecule has 3 atom stereocenters. The topological polar surface area (TPSA) is 109 Å². The summed E-state index contributed by atoms with van der Waals surface area (Å²) in [7, 11) is 1.86. The smallest absolute Gasteiger partial charge is 0.276 e. The summed E-state index contributed by atoms with van der Waals surface area (Å²) in [6, 6.07) is -0.00940. The molecule has 9 heteroatoms. The minimum atomic E-state index is -0.547. The van der Waals surface area contributed by atoms with Crippen molar-refractivity contribution in [2.75, 3.05) is 0 Å². The lowest BCUT2D eigenvalue weighted by Crippen LogP contribution is -2.50. The van der Waals surface area contributed by atoms with Crippen LogP contribution in [0.4, 0.5) is 0 Å². The molecule has 0 unspecified atom stereocenters. The van der Waals surface area contributed by atoms with Crippen LogP contribution in [0.15, 0.2) is 18.6 Å². The summed E-state index contributed by atoms with van der Waals surface area (Å²) in [6.45, 7) is 4.80. The minimum absolute atomic E-state index is 0.0483. The third-order valence-corrected chi connectivity index (χ3v) is 6.44. The molecule has 2 fully saturated rings. The van der Waals surface area contributed by atoms with Crippen molar-refractivity contribution in [2.24, 2.45) is 18.4 Å². The van der Waals surface area contributed by atoms with Crippen molar-refractivity contribution >= 4 is 11.8 Å². The van der Waals surface area contributed by atoms with Gasteiger partial charge in [0, 0.05) is 37.4 Å². The normalized spacial score (nSPS) is 25.7. The van der Waals surface area contributed by atoms with Gasteiger partial charge >= 0.3 is 0 Å². The van der Waals surface area contributed by atoms with Crippen LogP contribution < -0.4 is 5.32 Å². The van der Waals surface area contributed by atoms with E-state index in [2.05, 4.69) is 39.7 Å². The van der Waals surface area contributed by atoms with Gasteiger partial charge in [-0.1, -0.05) is 13.8 Å². The van der Waals surface area contributed by atoms with E-state index in [0.717, 1.165) is 31.2 Å². The molecule has 156 valence electrons. The molecule has 2 bridgehead atoms. The van der Waals surface area contributed by atoms with Crippen molar-refractivity contribution in [2.45, 2.75) is 64.6 Å². The number of hydrogen-bond donors (Lipinski definition) is 2. The number of aromatic nitrogens is 5. The first-order valence-corrected chi connectivity index (χ1v) is 10.3. The van der Waals surface area contributed by atoms with Crippen LogP contribution in [-0.2, 0) is 18.4 Å². The first-order chi connectivity index (χ1) is 13.9. The van der Waals surface area contributed by atoms with E-state index in [1.165, 1.54) is 6.20 Å². The fourth-order valence-electron chi connectivity index (χ4n) is 5.02. The molecule has 2 aromatic rings. The highest BCUT2D eigenvalue weighted by molar-refractivity contribution is 5.94. The van der Waals surface area contributed by atoms with E-state index in [4.69, 9.17) is 0 Å². The number of H-pyrrole nitrogens is 1. The highest BCUT2D eigenvalue weighted by Crippen LogP contribution is 2.53. The van der Waals surface area contributed by atoms with Crippen LogP contribution in [0.25, 0.3) is 0 Å². The number of fused-ring (bicyclic) bond motifs is 2. The van der Waals surface area contributed by atoms with Gasteiger partial charge in [-0.15, -0.1) is 0 Å². The highest BCUT2D eigenvalue weighted by atomic mass is 16.2. The van der Waals surface area contributed by atoms with Gasteiger partial charge in [0.15, 0.2) is 5.69 Å². The molecule has 2 saturated heterocycles. The third-order valence-electron chi connectivity index (χ3n) is 6.44. The molecule has 0 aromatic carbocycles. The maximum atomic E-state index is 13.5. The largest absolute Gasteiger partial charge is 0.351 e. The van der Waals surface area contributed by atoms with Crippen LogP contribution in [0.1, 0.15) is 62.0 Å². The molecule has 0 spiro atoms. The molecule has 2 aliphatic heterocycles. The van der Waals surface area contributed by atoms with Crippen LogP contribution in [0.3, 0.4) is 0 Å². The number of nitrogens with one attached hydrogen (secondary N) is 2. The predicted octanol–water partition coefficient (Wildman–Crippen LogP) is 1.65.